The van der Waals surface area contributed by atoms with Crippen molar-refractivity contribution in [2.24, 2.45) is 0 Å². The third-order valence-corrected chi connectivity index (χ3v) is 4.00. The molecule has 0 saturated carbocycles. The maximum atomic E-state index is 12.1. The molecule has 0 radical (unpaired) electrons. The summed E-state index contributed by atoms with van der Waals surface area (Å²) in [4.78, 5) is 16.5. The lowest BCUT2D eigenvalue weighted by atomic mass is 9.93. The molecule has 0 fully saturated rings. The van der Waals surface area contributed by atoms with Gasteiger partial charge < -0.3 is 10.1 Å². The third kappa shape index (κ3) is 4.02. The quantitative estimate of drug-likeness (QED) is 0.768. The minimum absolute atomic E-state index is 0.431. The fourth-order valence-corrected chi connectivity index (χ4v) is 2.67. The standard InChI is InChI=1S/C20H24N4O2/c1-19(2,3)26-18(25)23-20(4,5)16-8-6-14(7-9-16)15-12-21-17-10-11-22-24(17)13-15/h6-13H,1-5H3,(H,23,25). The van der Waals surface area contributed by atoms with E-state index >= 15 is 0 Å². The van der Waals surface area contributed by atoms with Gasteiger partial charge in [-0.3, -0.25) is 0 Å². The van der Waals surface area contributed by atoms with E-state index in [1.807, 2.05) is 77.3 Å². The van der Waals surface area contributed by atoms with Crippen molar-refractivity contribution in [3.8, 4) is 11.1 Å². The molecule has 0 saturated heterocycles. The normalized spacial score (nSPS) is 12.2. The van der Waals surface area contributed by atoms with E-state index in [1.54, 1.807) is 10.7 Å². The van der Waals surface area contributed by atoms with Crippen LogP contribution in [0.3, 0.4) is 0 Å². The van der Waals surface area contributed by atoms with Crippen LogP contribution in [-0.2, 0) is 10.3 Å². The first kappa shape index (κ1) is 17.9. The molecule has 0 unspecified atom stereocenters. The van der Waals surface area contributed by atoms with Gasteiger partial charge in [0.05, 0.1) is 11.7 Å². The fraction of sp³-hybridized carbons (Fsp3) is 0.350. The lowest BCUT2D eigenvalue weighted by Gasteiger charge is -2.29. The van der Waals surface area contributed by atoms with Crippen LogP contribution in [0.2, 0.25) is 0 Å². The Morgan fingerprint density at radius 1 is 1.04 bits per heavy atom. The van der Waals surface area contributed by atoms with Crippen molar-refractivity contribution < 1.29 is 9.53 Å². The topological polar surface area (TPSA) is 68.5 Å². The number of amides is 1. The van der Waals surface area contributed by atoms with Gasteiger partial charge in [0.15, 0.2) is 5.65 Å². The highest BCUT2D eigenvalue weighted by atomic mass is 16.6. The van der Waals surface area contributed by atoms with Gasteiger partial charge in [-0.1, -0.05) is 24.3 Å². The Labute approximate surface area is 153 Å². The molecule has 1 amide bonds. The SMILES string of the molecule is CC(C)(C)OC(=O)NC(C)(C)c1ccc(-c2cnc3ccnn3c2)cc1. The summed E-state index contributed by atoms with van der Waals surface area (Å²) in [5.41, 5.74) is 2.73. The van der Waals surface area contributed by atoms with E-state index in [0.717, 1.165) is 22.3 Å². The second-order valence-corrected chi connectivity index (χ2v) is 7.81. The Bertz CT molecular complexity index is 921. The zero-order valence-corrected chi connectivity index (χ0v) is 15.8. The van der Waals surface area contributed by atoms with Gasteiger partial charge in [-0.2, -0.15) is 5.10 Å². The lowest BCUT2D eigenvalue weighted by Crippen LogP contribution is -2.43. The molecule has 1 N–H and O–H groups in total. The number of hydrogen-bond acceptors (Lipinski definition) is 4. The van der Waals surface area contributed by atoms with Gasteiger partial charge in [0.1, 0.15) is 5.60 Å². The number of carbonyl (C=O) groups excluding carboxylic acids is 1. The van der Waals surface area contributed by atoms with Crippen LogP contribution < -0.4 is 5.32 Å². The number of ether oxygens (including phenoxy) is 1. The van der Waals surface area contributed by atoms with Gasteiger partial charge in [-0.15, -0.1) is 0 Å². The molecule has 136 valence electrons. The summed E-state index contributed by atoms with van der Waals surface area (Å²) in [5.74, 6) is 0. The van der Waals surface area contributed by atoms with Crippen LogP contribution in [-0.4, -0.2) is 26.3 Å². The molecular weight excluding hydrogens is 328 g/mol. The number of nitrogens with one attached hydrogen (secondary N) is 1. The molecule has 0 aliphatic carbocycles. The second-order valence-electron chi connectivity index (χ2n) is 7.81. The van der Waals surface area contributed by atoms with Gasteiger partial charge >= 0.3 is 6.09 Å². The Balaban J connectivity index is 1.78. The summed E-state index contributed by atoms with van der Waals surface area (Å²) in [5, 5.41) is 7.14. The largest absolute Gasteiger partial charge is 0.444 e. The van der Waals surface area contributed by atoms with Crippen LogP contribution in [0.25, 0.3) is 16.8 Å². The van der Waals surface area contributed by atoms with Crippen molar-refractivity contribution in [2.45, 2.75) is 45.8 Å². The molecule has 3 rings (SSSR count). The molecule has 0 atom stereocenters. The molecule has 0 bridgehead atoms. The number of alkyl carbamates (subject to hydrolysis) is 1. The van der Waals surface area contributed by atoms with Crippen molar-refractivity contribution in [1.82, 2.24) is 19.9 Å². The predicted molar refractivity (Wildman–Crippen MR) is 101 cm³/mol. The highest BCUT2D eigenvalue weighted by Gasteiger charge is 2.26. The Kier molecular flexibility index (Phi) is 4.44. The molecule has 3 aromatic rings. The summed E-state index contributed by atoms with van der Waals surface area (Å²) < 4.78 is 7.10. The summed E-state index contributed by atoms with van der Waals surface area (Å²) in [6.45, 7) is 9.43. The minimum Gasteiger partial charge on any atom is -0.444 e. The van der Waals surface area contributed by atoms with Crippen molar-refractivity contribution in [3.05, 3.63) is 54.5 Å². The fourth-order valence-electron chi connectivity index (χ4n) is 2.67. The monoisotopic (exact) mass is 352 g/mol. The molecule has 2 heterocycles. The first-order valence-electron chi connectivity index (χ1n) is 8.55. The Hall–Kier alpha value is -2.89. The summed E-state index contributed by atoms with van der Waals surface area (Å²) >= 11 is 0. The predicted octanol–water partition coefficient (Wildman–Crippen LogP) is 4.16. The van der Waals surface area contributed by atoms with Crippen molar-refractivity contribution in [1.29, 1.82) is 0 Å². The smallest absolute Gasteiger partial charge is 0.408 e. The van der Waals surface area contributed by atoms with Crippen molar-refractivity contribution >= 4 is 11.7 Å². The van der Waals surface area contributed by atoms with Crippen LogP contribution in [0.5, 0.6) is 0 Å². The van der Waals surface area contributed by atoms with Gasteiger partial charge in [0.2, 0.25) is 0 Å². The molecule has 6 nitrogen and oxygen atoms in total. The summed E-state index contributed by atoms with van der Waals surface area (Å²) in [6.07, 6.45) is 5.07. The van der Waals surface area contributed by atoms with Crippen LogP contribution in [0.15, 0.2) is 48.9 Å². The van der Waals surface area contributed by atoms with E-state index in [0.29, 0.717) is 0 Å². The maximum Gasteiger partial charge on any atom is 0.408 e. The average molecular weight is 352 g/mol. The van der Waals surface area contributed by atoms with Crippen LogP contribution in [0.1, 0.15) is 40.2 Å². The molecule has 2 aromatic heterocycles. The van der Waals surface area contributed by atoms with Gasteiger partial charge in [0, 0.05) is 24.0 Å². The van der Waals surface area contributed by atoms with Crippen LogP contribution in [0, 0.1) is 0 Å². The molecule has 0 aliphatic heterocycles. The lowest BCUT2D eigenvalue weighted by molar-refractivity contribution is 0.0470. The van der Waals surface area contributed by atoms with Gasteiger partial charge in [0.25, 0.3) is 0 Å². The van der Waals surface area contributed by atoms with E-state index in [1.165, 1.54) is 0 Å². The molecule has 1 aromatic carbocycles. The van der Waals surface area contributed by atoms with E-state index in [4.69, 9.17) is 4.74 Å². The summed E-state index contributed by atoms with van der Waals surface area (Å²) in [7, 11) is 0. The van der Waals surface area contributed by atoms with E-state index in [2.05, 4.69) is 15.4 Å². The Morgan fingerprint density at radius 3 is 2.38 bits per heavy atom. The number of benzene rings is 1. The number of carbonyl (C=O) groups is 1. The van der Waals surface area contributed by atoms with E-state index < -0.39 is 17.2 Å². The number of hydrogen-bond donors (Lipinski definition) is 1. The third-order valence-electron chi connectivity index (χ3n) is 4.00. The van der Waals surface area contributed by atoms with Crippen LogP contribution >= 0.6 is 0 Å². The molecule has 26 heavy (non-hydrogen) atoms. The first-order chi connectivity index (χ1) is 12.1. The second kappa shape index (κ2) is 6.44. The minimum atomic E-state index is -0.551. The van der Waals surface area contributed by atoms with Crippen molar-refractivity contribution in [3.63, 3.8) is 0 Å². The highest BCUT2D eigenvalue weighted by molar-refractivity contribution is 5.69. The van der Waals surface area contributed by atoms with Gasteiger partial charge in [-0.05, 0) is 45.7 Å². The number of aromatic nitrogens is 3. The molecule has 6 heteroatoms. The highest BCUT2D eigenvalue weighted by Crippen LogP contribution is 2.25. The van der Waals surface area contributed by atoms with Gasteiger partial charge in [-0.25, -0.2) is 14.3 Å². The molecular formula is C20H24N4O2. The van der Waals surface area contributed by atoms with Crippen LogP contribution in [0.4, 0.5) is 4.79 Å². The number of rotatable bonds is 3. The van der Waals surface area contributed by atoms with Crippen molar-refractivity contribution in [2.75, 3.05) is 0 Å². The first-order valence-corrected chi connectivity index (χ1v) is 8.55. The number of nitrogens with zero attached hydrogens (tertiary/aromatic N) is 3. The zero-order chi connectivity index (χ0) is 18.9. The maximum absolute atomic E-state index is 12.1. The molecule has 0 spiro atoms. The molecule has 0 aliphatic rings. The zero-order valence-electron chi connectivity index (χ0n) is 15.8. The number of fused-ring (bicyclic) bond motifs is 1. The average Bonchev–Trinajstić information content (AvgIpc) is 3.00. The Morgan fingerprint density at radius 2 is 1.73 bits per heavy atom. The van der Waals surface area contributed by atoms with E-state index in [-0.39, 0.29) is 0 Å². The summed E-state index contributed by atoms with van der Waals surface area (Å²) in [6, 6.07) is 9.89. The van der Waals surface area contributed by atoms with E-state index in [9.17, 15) is 4.79 Å².